The fourth-order valence-corrected chi connectivity index (χ4v) is 6.97. The van der Waals surface area contributed by atoms with Crippen LogP contribution in [0.1, 0.15) is 81.8 Å². The lowest BCUT2D eigenvalue weighted by Crippen LogP contribution is -2.48. The van der Waals surface area contributed by atoms with E-state index in [4.69, 9.17) is 9.47 Å². The Kier molecular flexibility index (Phi) is 10.1. The van der Waals surface area contributed by atoms with E-state index in [2.05, 4.69) is 22.3 Å². The summed E-state index contributed by atoms with van der Waals surface area (Å²) in [5.41, 5.74) is 1.10. The van der Waals surface area contributed by atoms with Crippen molar-refractivity contribution in [3.8, 4) is 5.75 Å². The molecule has 0 radical (unpaired) electrons. The number of hydrogen-bond acceptors (Lipinski definition) is 5. The number of nitrogens with zero attached hydrogens (tertiary/aromatic N) is 1. The van der Waals surface area contributed by atoms with Crippen LogP contribution in [-0.4, -0.2) is 62.9 Å². The molecule has 1 saturated carbocycles. The first-order valence-electron chi connectivity index (χ1n) is 14.4. The third-order valence-electron chi connectivity index (χ3n) is 8.88. The molecule has 2 heterocycles. The highest BCUT2D eigenvalue weighted by molar-refractivity contribution is 5.76. The van der Waals surface area contributed by atoms with Crippen LogP contribution in [-0.2, 0) is 21.6 Å². The summed E-state index contributed by atoms with van der Waals surface area (Å²) in [5.74, 6) is 2.31. The van der Waals surface area contributed by atoms with Crippen LogP contribution in [0.3, 0.4) is 0 Å². The third kappa shape index (κ3) is 6.62. The van der Waals surface area contributed by atoms with Gasteiger partial charge >= 0.3 is 0 Å². The molecular weight excluding hydrogens is 452 g/mol. The molecule has 1 saturated heterocycles. The maximum atomic E-state index is 13.5. The van der Waals surface area contributed by atoms with E-state index in [-0.39, 0.29) is 11.8 Å². The Balaban J connectivity index is 1.47. The molecule has 3 aliphatic rings. The summed E-state index contributed by atoms with van der Waals surface area (Å²) >= 11 is 0. The predicted octanol–water partition coefficient (Wildman–Crippen LogP) is 4.67. The molecule has 1 amide bonds. The smallest absolute Gasteiger partial charge is 0.222 e. The van der Waals surface area contributed by atoms with Crippen LogP contribution in [0, 0.1) is 17.8 Å². The molecule has 2 aliphatic heterocycles. The number of ether oxygens (including phenoxy) is 2. The number of methoxy groups -OCH3 is 1. The number of carbonyl (C=O) groups is 1. The van der Waals surface area contributed by atoms with E-state index in [1.54, 1.807) is 7.11 Å². The SMILES string of the molecule is CNC[C@@H](CC(=O)N1CCC[C@@H]([C@@](O)(CCCCOC)c2cccc3c2OCC3)C1)CC1CCCC1. The molecule has 202 valence electrons. The van der Waals surface area contributed by atoms with Crippen molar-refractivity contribution >= 4 is 5.91 Å². The van der Waals surface area contributed by atoms with Crippen LogP contribution in [0.5, 0.6) is 5.75 Å². The van der Waals surface area contributed by atoms with Gasteiger partial charge < -0.3 is 24.8 Å². The van der Waals surface area contributed by atoms with E-state index in [9.17, 15) is 9.90 Å². The molecule has 1 aromatic carbocycles. The van der Waals surface area contributed by atoms with Gasteiger partial charge in [-0.15, -0.1) is 0 Å². The van der Waals surface area contributed by atoms with Crippen molar-refractivity contribution in [2.75, 3.05) is 47.0 Å². The van der Waals surface area contributed by atoms with Crippen molar-refractivity contribution < 1.29 is 19.4 Å². The molecule has 0 spiro atoms. The van der Waals surface area contributed by atoms with E-state index in [0.717, 1.165) is 68.8 Å². The topological polar surface area (TPSA) is 71.0 Å². The number of fused-ring (bicyclic) bond motifs is 1. The largest absolute Gasteiger partial charge is 0.493 e. The van der Waals surface area contributed by atoms with Gasteiger partial charge in [0.2, 0.25) is 5.91 Å². The van der Waals surface area contributed by atoms with Crippen molar-refractivity contribution in [1.82, 2.24) is 10.2 Å². The highest BCUT2D eigenvalue weighted by atomic mass is 16.5. The van der Waals surface area contributed by atoms with Gasteiger partial charge in [-0.25, -0.2) is 0 Å². The number of para-hydroxylation sites is 1. The molecule has 2 N–H and O–H groups in total. The standard InChI is InChI=1S/C30H48N2O4/c1-31-21-24(19-23-9-3-4-10-23)20-28(33)32-16-8-12-26(22-32)30(34,15-5-6-17-35-2)27-13-7-11-25-14-18-36-29(25)27/h7,11,13,23-24,26,31,34H,3-6,8-10,12,14-22H2,1-2H3/t24-,26-,30+/m1/s1. The monoisotopic (exact) mass is 500 g/mol. The zero-order valence-corrected chi connectivity index (χ0v) is 22.6. The molecular formula is C30H48N2O4. The van der Waals surface area contributed by atoms with Crippen LogP contribution in [0.4, 0.5) is 0 Å². The Hall–Kier alpha value is -1.63. The summed E-state index contributed by atoms with van der Waals surface area (Å²) in [4.78, 5) is 15.6. The predicted molar refractivity (Wildman–Crippen MR) is 143 cm³/mol. The first kappa shape index (κ1) is 27.4. The highest BCUT2D eigenvalue weighted by Gasteiger charge is 2.43. The zero-order chi connectivity index (χ0) is 25.4. The average molecular weight is 501 g/mol. The Labute approximate surface area is 218 Å². The fraction of sp³-hybridized carbons (Fsp3) is 0.767. The number of benzene rings is 1. The number of rotatable bonds is 13. The van der Waals surface area contributed by atoms with Gasteiger partial charge in [-0.3, -0.25) is 4.79 Å². The first-order chi connectivity index (χ1) is 17.5. The minimum atomic E-state index is -1.00. The quantitative estimate of drug-likeness (QED) is 0.385. The molecule has 0 bridgehead atoms. The molecule has 0 aromatic heterocycles. The van der Waals surface area contributed by atoms with Gasteiger partial charge in [0.1, 0.15) is 5.75 Å². The summed E-state index contributed by atoms with van der Waals surface area (Å²) in [6.07, 6.45) is 12.3. The summed E-state index contributed by atoms with van der Waals surface area (Å²) < 4.78 is 11.3. The lowest BCUT2D eigenvalue weighted by atomic mass is 9.73. The molecule has 4 rings (SSSR count). The normalized spacial score (nSPS) is 22.8. The van der Waals surface area contributed by atoms with Gasteiger partial charge in [0, 0.05) is 51.1 Å². The Morgan fingerprint density at radius 3 is 2.86 bits per heavy atom. The number of hydrogen-bond donors (Lipinski definition) is 2. The average Bonchev–Trinajstić information content (AvgIpc) is 3.58. The van der Waals surface area contributed by atoms with Crippen LogP contribution >= 0.6 is 0 Å². The minimum absolute atomic E-state index is 0.00558. The zero-order valence-electron chi connectivity index (χ0n) is 22.6. The number of unbranched alkanes of at least 4 members (excludes halogenated alkanes) is 1. The van der Waals surface area contributed by atoms with Gasteiger partial charge in [0.05, 0.1) is 12.2 Å². The lowest BCUT2D eigenvalue weighted by molar-refractivity contribution is -0.138. The van der Waals surface area contributed by atoms with Crippen molar-refractivity contribution in [3.05, 3.63) is 29.3 Å². The van der Waals surface area contributed by atoms with Crippen LogP contribution in [0.15, 0.2) is 18.2 Å². The van der Waals surface area contributed by atoms with Crippen molar-refractivity contribution in [2.45, 2.75) is 82.7 Å². The third-order valence-corrected chi connectivity index (χ3v) is 8.88. The molecule has 3 atom stereocenters. The van der Waals surface area contributed by atoms with Gasteiger partial charge in [-0.2, -0.15) is 0 Å². The summed E-state index contributed by atoms with van der Waals surface area (Å²) in [7, 11) is 3.72. The number of amides is 1. The minimum Gasteiger partial charge on any atom is -0.493 e. The molecule has 6 heteroatoms. The van der Waals surface area contributed by atoms with E-state index in [0.29, 0.717) is 38.5 Å². The molecule has 1 aromatic rings. The summed E-state index contributed by atoms with van der Waals surface area (Å²) in [5, 5.41) is 15.7. The molecule has 36 heavy (non-hydrogen) atoms. The van der Waals surface area contributed by atoms with E-state index < -0.39 is 5.60 Å². The van der Waals surface area contributed by atoms with Crippen LogP contribution in [0.2, 0.25) is 0 Å². The van der Waals surface area contributed by atoms with Gasteiger partial charge in [0.25, 0.3) is 0 Å². The lowest BCUT2D eigenvalue weighted by Gasteiger charge is -2.43. The second-order valence-corrected chi connectivity index (χ2v) is 11.5. The number of carbonyl (C=O) groups excluding carboxylic acids is 1. The van der Waals surface area contributed by atoms with Crippen molar-refractivity contribution in [3.63, 3.8) is 0 Å². The highest BCUT2D eigenvalue weighted by Crippen LogP contribution is 2.46. The Morgan fingerprint density at radius 2 is 2.08 bits per heavy atom. The summed E-state index contributed by atoms with van der Waals surface area (Å²) in [6.45, 7) is 3.70. The van der Waals surface area contributed by atoms with Gasteiger partial charge in [-0.1, -0.05) is 43.9 Å². The van der Waals surface area contributed by atoms with E-state index in [1.807, 2.05) is 13.1 Å². The van der Waals surface area contributed by atoms with Crippen molar-refractivity contribution in [1.29, 1.82) is 0 Å². The number of nitrogens with one attached hydrogen (secondary N) is 1. The molecule has 0 unspecified atom stereocenters. The molecule has 6 nitrogen and oxygen atoms in total. The first-order valence-corrected chi connectivity index (χ1v) is 14.4. The number of likely N-dealkylation sites (tertiary alicyclic amines) is 1. The molecule has 1 aliphatic carbocycles. The maximum Gasteiger partial charge on any atom is 0.222 e. The second kappa shape index (κ2) is 13.3. The van der Waals surface area contributed by atoms with Crippen molar-refractivity contribution in [2.24, 2.45) is 17.8 Å². The Morgan fingerprint density at radius 1 is 1.25 bits per heavy atom. The number of aliphatic hydroxyl groups is 1. The second-order valence-electron chi connectivity index (χ2n) is 11.5. The maximum absolute atomic E-state index is 13.5. The van der Waals surface area contributed by atoms with Gasteiger partial charge in [0.15, 0.2) is 0 Å². The molecule has 2 fully saturated rings. The Bertz CT molecular complexity index is 840. The van der Waals surface area contributed by atoms with Crippen LogP contribution in [0.25, 0.3) is 0 Å². The van der Waals surface area contributed by atoms with Crippen LogP contribution < -0.4 is 10.1 Å². The summed E-state index contributed by atoms with van der Waals surface area (Å²) in [6, 6.07) is 6.21. The number of piperidine rings is 1. The van der Waals surface area contributed by atoms with E-state index >= 15 is 0 Å². The van der Waals surface area contributed by atoms with E-state index in [1.165, 1.54) is 31.2 Å². The fourth-order valence-electron chi connectivity index (χ4n) is 6.97. The van der Waals surface area contributed by atoms with Gasteiger partial charge in [-0.05, 0) is 69.5 Å².